The number of carbonyl (C=O) groups excluding carboxylic acids is 1. The first kappa shape index (κ1) is 12.1. The number of nitro groups is 1. The number of nitrogens with zero attached hydrogens (tertiary/aromatic N) is 1. The molecule has 0 bridgehead atoms. The highest BCUT2D eigenvalue weighted by Crippen LogP contribution is 2.23. The fraction of sp³-hybridized carbons (Fsp3) is 0.300. The van der Waals surface area contributed by atoms with Crippen LogP contribution < -0.4 is 0 Å². The van der Waals surface area contributed by atoms with E-state index in [9.17, 15) is 14.9 Å². The van der Waals surface area contributed by atoms with Crippen molar-refractivity contribution in [3.63, 3.8) is 0 Å². The molecular weight excluding hydrogens is 214 g/mol. The Kier molecular flexibility index (Phi) is 3.96. The van der Waals surface area contributed by atoms with Gasteiger partial charge in [0.1, 0.15) is 5.56 Å². The first-order valence-corrected chi connectivity index (χ1v) is 4.66. The van der Waals surface area contributed by atoms with Crippen molar-refractivity contribution >= 4 is 11.7 Å². The van der Waals surface area contributed by atoms with E-state index in [1.807, 2.05) is 0 Å². The van der Waals surface area contributed by atoms with Crippen molar-refractivity contribution in [2.75, 3.05) is 6.61 Å². The van der Waals surface area contributed by atoms with Gasteiger partial charge in [0.2, 0.25) is 0 Å². The molecule has 0 radical (unpaired) electrons. The zero-order valence-corrected chi connectivity index (χ0v) is 8.67. The summed E-state index contributed by atoms with van der Waals surface area (Å²) in [6.07, 6.45) is 0. The van der Waals surface area contributed by atoms with Gasteiger partial charge in [-0.05, 0) is 12.5 Å². The maximum Gasteiger partial charge on any atom is 0.345 e. The number of benzene rings is 1. The summed E-state index contributed by atoms with van der Waals surface area (Å²) in [7, 11) is 0. The minimum absolute atomic E-state index is 0.121. The second-order valence-corrected chi connectivity index (χ2v) is 2.95. The van der Waals surface area contributed by atoms with Gasteiger partial charge in [-0.1, -0.05) is 12.1 Å². The Morgan fingerprint density at radius 1 is 1.56 bits per heavy atom. The van der Waals surface area contributed by atoms with E-state index in [1.165, 1.54) is 18.2 Å². The van der Waals surface area contributed by atoms with E-state index in [1.54, 1.807) is 6.92 Å². The monoisotopic (exact) mass is 225 g/mol. The van der Waals surface area contributed by atoms with Crippen molar-refractivity contribution in [1.29, 1.82) is 0 Å². The van der Waals surface area contributed by atoms with Gasteiger partial charge in [0.15, 0.2) is 0 Å². The molecule has 16 heavy (non-hydrogen) atoms. The maximum atomic E-state index is 11.5. The number of aliphatic hydroxyl groups is 1. The Morgan fingerprint density at radius 2 is 2.25 bits per heavy atom. The Labute approximate surface area is 91.6 Å². The highest BCUT2D eigenvalue weighted by atomic mass is 16.6. The molecule has 0 aliphatic rings. The molecule has 0 fully saturated rings. The number of ether oxygens (including phenoxy) is 1. The van der Waals surface area contributed by atoms with Crippen LogP contribution in [0, 0.1) is 10.1 Å². The number of rotatable bonds is 4. The Hall–Kier alpha value is -1.95. The van der Waals surface area contributed by atoms with E-state index >= 15 is 0 Å². The van der Waals surface area contributed by atoms with E-state index in [-0.39, 0.29) is 23.4 Å². The predicted octanol–water partition coefficient (Wildman–Crippen LogP) is 1.26. The van der Waals surface area contributed by atoms with Crippen LogP contribution >= 0.6 is 0 Å². The van der Waals surface area contributed by atoms with E-state index in [0.29, 0.717) is 0 Å². The molecule has 0 atom stereocenters. The minimum atomic E-state index is -0.793. The second kappa shape index (κ2) is 5.22. The van der Waals surface area contributed by atoms with E-state index in [0.717, 1.165) is 0 Å². The van der Waals surface area contributed by atoms with Crippen LogP contribution in [0.4, 0.5) is 5.69 Å². The zero-order chi connectivity index (χ0) is 12.1. The van der Waals surface area contributed by atoms with Gasteiger partial charge in [-0.25, -0.2) is 4.79 Å². The molecular formula is C10H11NO5. The lowest BCUT2D eigenvalue weighted by Gasteiger charge is -2.06. The SMILES string of the molecule is CCOC(=O)c1c(CO)cccc1[N+](=O)[O-]. The van der Waals surface area contributed by atoms with Gasteiger partial charge >= 0.3 is 5.97 Å². The quantitative estimate of drug-likeness (QED) is 0.473. The second-order valence-electron chi connectivity index (χ2n) is 2.95. The fourth-order valence-corrected chi connectivity index (χ4v) is 1.31. The Bertz CT molecular complexity index is 416. The summed E-state index contributed by atoms with van der Waals surface area (Å²) in [4.78, 5) is 21.6. The first-order valence-electron chi connectivity index (χ1n) is 4.66. The van der Waals surface area contributed by atoms with Crippen molar-refractivity contribution in [2.45, 2.75) is 13.5 Å². The van der Waals surface area contributed by atoms with Crippen LogP contribution in [0.5, 0.6) is 0 Å². The number of aliphatic hydroxyl groups excluding tert-OH is 1. The van der Waals surface area contributed by atoms with Crippen molar-refractivity contribution in [3.8, 4) is 0 Å². The Morgan fingerprint density at radius 3 is 2.75 bits per heavy atom. The third-order valence-electron chi connectivity index (χ3n) is 1.98. The van der Waals surface area contributed by atoms with Crippen LogP contribution in [0.2, 0.25) is 0 Å². The number of carbonyl (C=O) groups is 1. The molecule has 0 spiro atoms. The minimum Gasteiger partial charge on any atom is -0.462 e. The molecule has 0 unspecified atom stereocenters. The fourth-order valence-electron chi connectivity index (χ4n) is 1.31. The molecule has 1 N–H and O–H groups in total. The average molecular weight is 225 g/mol. The smallest absolute Gasteiger partial charge is 0.345 e. The van der Waals surface area contributed by atoms with Crippen LogP contribution in [-0.4, -0.2) is 22.6 Å². The van der Waals surface area contributed by atoms with E-state index in [4.69, 9.17) is 9.84 Å². The number of nitro benzene ring substituents is 1. The summed E-state index contributed by atoms with van der Waals surface area (Å²) < 4.78 is 4.71. The average Bonchev–Trinajstić information content (AvgIpc) is 2.28. The lowest BCUT2D eigenvalue weighted by atomic mass is 10.1. The van der Waals surface area contributed by atoms with Crippen molar-refractivity contribution in [3.05, 3.63) is 39.4 Å². The summed E-state index contributed by atoms with van der Waals surface area (Å²) in [6, 6.07) is 4.05. The van der Waals surface area contributed by atoms with Gasteiger partial charge in [0.05, 0.1) is 18.1 Å². The Balaban J connectivity index is 3.30. The predicted molar refractivity (Wildman–Crippen MR) is 55.0 cm³/mol. The zero-order valence-electron chi connectivity index (χ0n) is 8.67. The summed E-state index contributed by atoms with van der Waals surface area (Å²) in [5.74, 6) is -0.793. The van der Waals surface area contributed by atoms with Crippen LogP contribution in [0.3, 0.4) is 0 Å². The van der Waals surface area contributed by atoms with Crippen molar-refractivity contribution < 1.29 is 19.6 Å². The van der Waals surface area contributed by atoms with Crippen molar-refractivity contribution in [2.24, 2.45) is 0 Å². The lowest BCUT2D eigenvalue weighted by Crippen LogP contribution is -2.11. The van der Waals surface area contributed by atoms with Crippen molar-refractivity contribution in [1.82, 2.24) is 0 Å². The highest BCUT2D eigenvalue weighted by molar-refractivity contribution is 5.95. The van der Waals surface area contributed by atoms with E-state index < -0.39 is 17.5 Å². The van der Waals surface area contributed by atoms with Crippen LogP contribution in [0.15, 0.2) is 18.2 Å². The lowest BCUT2D eigenvalue weighted by molar-refractivity contribution is -0.385. The first-order chi connectivity index (χ1) is 7.61. The standard InChI is InChI=1S/C10H11NO5/c1-2-16-10(13)9-7(6-12)4-3-5-8(9)11(14)15/h3-5,12H,2,6H2,1H3. The molecule has 0 amide bonds. The maximum absolute atomic E-state index is 11.5. The van der Waals surface area contributed by atoms with Gasteiger partial charge in [-0.3, -0.25) is 10.1 Å². The summed E-state index contributed by atoms with van der Waals surface area (Å²) in [6.45, 7) is 1.27. The third kappa shape index (κ3) is 2.34. The molecule has 1 rings (SSSR count). The normalized spacial score (nSPS) is 9.88. The summed E-state index contributed by atoms with van der Waals surface area (Å²) in [5, 5.41) is 19.7. The third-order valence-corrected chi connectivity index (χ3v) is 1.98. The molecule has 0 saturated heterocycles. The van der Waals surface area contributed by atoms with Gasteiger partial charge < -0.3 is 9.84 Å². The molecule has 1 aromatic rings. The van der Waals surface area contributed by atoms with Crippen LogP contribution in [0.25, 0.3) is 0 Å². The molecule has 6 nitrogen and oxygen atoms in total. The van der Waals surface area contributed by atoms with Gasteiger partial charge in [-0.2, -0.15) is 0 Å². The molecule has 0 saturated carbocycles. The molecule has 0 aliphatic carbocycles. The van der Waals surface area contributed by atoms with Gasteiger partial charge in [-0.15, -0.1) is 0 Å². The topological polar surface area (TPSA) is 89.7 Å². The molecule has 0 aliphatic heterocycles. The molecule has 0 aromatic heterocycles. The molecule has 0 heterocycles. The molecule has 1 aromatic carbocycles. The molecule has 86 valence electrons. The molecule has 6 heteroatoms. The highest BCUT2D eigenvalue weighted by Gasteiger charge is 2.24. The summed E-state index contributed by atoms with van der Waals surface area (Å²) >= 11 is 0. The van der Waals surface area contributed by atoms with E-state index in [2.05, 4.69) is 0 Å². The van der Waals surface area contributed by atoms with Gasteiger partial charge in [0.25, 0.3) is 5.69 Å². The number of esters is 1. The van der Waals surface area contributed by atoms with Crippen LogP contribution in [-0.2, 0) is 11.3 Å². The van der Waals surface area contributed by atoms with Gasteiger partial charge in [0, 0.05) is 6.07 Å². The largest absolute Gasteiger partial charge is 0.462 e. The summed E-state index contributed by atoms with van der Waals surface area (Å²) in [5.41, 5.74) is -0.352. The number of hydrogen-bond acceptors (Lipinski definition) is 5. The van der Waals surface area contributed by atoms with Crippen LogP contribution in [0.1, 0.15) is 22.8 Å². The number of hydrogen-bond donors (Lipinski definition) is 1.